The third kappa shape index (κ3) is 1.15. The molecule has 8 atom stereocenters. The normalized spacial score (nSPS) is 60.7. The zero-order chi connectivity index (χ0) is 14.7. The number of carbonyl (C=O) groups excluding carboxylic acids is 1. The number of rotatable bonds is 0. The van der Waals surface area contributed by atoms with Crippen LogP contribution < -0.4 is 0 Å². The molecule has 114 valence electrons. The summed E-state index contributed by atoms with van der Waals surface area (Å²) < 4.78 is 0. The molecule has 5 aliphatic rings. The van der Waals surface area contributed by atoms with Gasteiger partial charge in [0.05, 0.1) is 0 Å². The van der Waals surface area contributed by atoms with E-state index < -0.39 is 0 Å². The lowest BCUT2D eigenvalue weighted by atomic mass is 9.41. The van der Waals surface area contributed by atoms with E-state index in [0.29, 0.717) is 5.92 Å². The quantitative estimate of drug-likeness (QED) is 0.593. The van der Waals surface area contributed by atoms with Gasteiger partial charge in [0.1, 0.15) is 5.78 Å². The maximum absolute atomic E-state index is 13.5. The average Bonchev–Trinajstić information content (AvgIpc) is 3.17. The zero-order valence-corrected chi connectivity index (χ0v) is 13.9. The van der Waals surface area contributed by atoms with Gasteiger partial charge >= 0.3 is 0 Å². The Kier molecular flexibility index (Phi) is 2.15. The van der Waals surface area contributed by atoms with Crippen LogP contribution >= 0.6 is 0 Å². The molecule has 0 N–H and O–H groups in total. The molecule has 0 saturated heterocycles. The number of hydrogen-bond donors (Lipinski definition) is 0. The maximum atomic E-state index is 13.5. The minimum absolute atomic E-state index is 0.0989. The first-order valence-corrected chi connectivity index (χ1v) is 9.13. The summed E-state index contributed by atoms with van der Waals surface area (Å²) in [6.07, 6.45) is 6.33. The molecule has 4 bridgehead atoms. The van der Waals surface area contributed by atoms with Crippen molar-refractivity contribution in [1.29, 1.82) is 0 Å². The summed E-state index contributed by atoms with van der Waals surface area (Å²) in [6.45, 7) is 9.47. The van der Waals surface area contributed by atoms with E-state index in [-0.39, 0.29) is 10.8 Å². The fraction of sp³-hybridized carbons (Fsp3) is 0.850. The van der Waals surface area contributed by atoms with Gasteiger partial charge in [0, 0.05) is 10.8 Å². The molecular weight excluding hydrogens is 256 g/mol. The van der Waals surface area contributed by atoms with Crippen LogP contribution in [0.15, 0.2) is 11.1 Å². The van der Waals surface area contributed by atoms with Gasteiger partial charge in [-0.25, -0.2) is 0 Å². The van der Waals surface area contributed by atoms with Crippen molar-refractivity contribution in [3.63, 3.8) is 0 Å². The van der Waals surface area contributed by atoms with Crippen molar-refractivity contribution >= 4 is 5.78 Å². The average molecular weight is 284 g/mol. The molecule has 0 heterocycles. The van der Waals surface area contributed by atoms with E-state index in [1.807, 2.05) is 0 Å². The molecule has 2 spiro atoms. The van der Waals surface area contributed by atoms with E-state index in [1.54, 1.807) is 11.1 Å². The number of ketones is 1. The Morgan fingerprint density at radius 1 is 0.952 bits per heavy atom. The smallest absolute Gasteiger partial charge is 0.146 e. The van der Waals surface area contributed by atoms with Crippen LogP contribution in [-0.4, -0.2) is 5.78 Å². The summed E-state index contributed by atoms with van der Waals surface area (Å²) in [5.74, 6) is 5.29. The molecule has 0 aromatic rings. The van der Waals surface area contributed by atoms with Crippen LogP contribution in [0.25, 0.3) is 0 Å². The summed E-state index contributed by atoms with van der Waals surface area (Å²) in [6, 6.07) is 0. The number of carbonyl (C=O) groups is 1. The monoisotopic (exact) mass is 284 g/mol. The molecule has 1 nitrogen and oxygen atoms in total. The molecule has 21 heavy (non-hydrogen) atoms. The van der Waals surface area contributed by atoms with E-state index in [2.05, 4.69) is 27.7 Å². The van der Waals surface area contributed by atoms with Crippen LogP contribution in [0.3, 0.4) is 0 Å². The van der Waals surface area contributed by atoms with Crippen LogP contribution in [0.1, 0.15) is 59.8 Å². The Hall–Kier alpha value is -0.590. The van der Waals surface area contributed by atoms with E-state index in [0.717, 1.165) is 35.4 Å². The van der Waals surface area contributed by atoms with E-state index in [9.17, 15) is 4.79 Å². The summed E-state index contributed by atoms with van der Waals surface area (Å²) in [7, 11) is 0. The minimum atomic E-state index is 0.0989. The zero-order valence-electron chi connectivity index (χ0n) is 13.9. The van der Waals surface area contributed by atoms with Gasteiger partial charge in [-0.15, -0.1) is 0 Å². The second kappa shape index (κ2) is 3.49. The summed E-state index contributed by atoms with van der Waals surface area (Å²) in [4.78, 5) is 13.5. The molecule has 5 rings (SSSR count). The third-order valence-electron chi connectivity index (χ3n) is 9.19. The fourth-order valence-electron chi connectivity index (χ4n) is 7.88. The van der Waals surface area contributed by atoms with Crippen LogP contribution in [0, 0.1) is 46.3 Å². The predicted molar refractivity (Wildman–Crippen MR) is 83.6 cm³/mol. The summed E-state index contributed by atoms with van der Waals surface area (Å²) in [5.41, 5.74) is 3.44. The lowest BCUT2D eigenvalue weighted by Crippen LogP contribution is -2.63. The van der Waals surface area contributed by atoms with Gasteiger partial charge in [0.25, 0.3) is 0 Å². The second-order valence-electron chi connectivity index (χ2n) is 9.40. The SMILES string of the molecule is CC1=C(C)C2CC1CC21CC2(CC3CC2C(C)C3C)C1=O. The van der Waals surface area contributed by atoms with Gasteiger partial charge in [-0.2, -0.15) is 0 Å². The highest BCUT2D eigenvalue weighted by atomic mass is 16.1. The van der Waals surface area contributed by atoms with Crippen molar-refractivity contribution in [3.05, 3.63) is 11.1 Å². The summed E-state index contributed by atoms with van der Waals surface area (Å²) >= 11 is 0. The maximum Gasteiger partial charge on any atom is 0.146 e. The Morgan fingerprint density at radius 2 is 1.71 bits per heavy atom. The van der Waals surface area contributed by atoms with Crippen LogP contribution in [0.4, 0.5) is 0 Å². The molecule has 8 unspecified atom stereocenters. The molecule has 0 radical (unpaired) electrons. The van der Waals surface area contributed by atoms with Crippen molar-refractivity contribution < 1.29 is 4.79 Å². The first-order valence-electron chi connectivity index (χ1n) is 9.13. The number of hydrogen-bond acceptors (Lipinski definition) is 1. The minimum Gasteiger partial charge on any atom is -0.298 e. The molecule has 0 aromatic heterocycles. The number of Topliss-reactive ketones (excluding diaryl/α,β-unsaturated/α-hetero) is 1. The van der Waals surface area contributed by atoms with Crippen LogP contribution in [-0.2, 0) is 4.79 Å². The molecule has 4 fully saturated rings. The second-order valence-corrected chi connectivity index (χ2v) is 9.40. The van der Waals surface area contributed by atoms with Gasteiger partial charge in [-0.1, -0.05) is 25.0 Å². The highest BCUT2D eigenvalue weighted by Crippen LogP contribution is 2.77. The van der Waals surface area contributed by atoms with E-state index >= 15 is 0 Å². The molecule has 5 aliphatic carbocycles. The van der Waals surface area contributed by atoms with Crippen molar-refractivity contribution in [2.24, 2.45) is 46.3 Å². The summed E-state index contributed by atoms with van der Waals surface area (Å²) in [5, 5.41) is 0. The van der Waals surface area contributed by atoms with Gasteiger partial charge in [-0.05, 0) is 81.5 Å². The molecule has 0 aliphatic heterocycles. The number of fused-ring (bicyclic) bond motifs is 6. The molecule has 0 aromatic carbocycles. The fourth-order valence-corrected chi connectivity index (χ4v) is 7.88. The van der Waals surface area contributed by atoms with Gasteiger partial charge < -0.3 is 0 Å². The Balaban J connectivity index is 1.49. The highest BCUT2D eigenvalue weighted by Gasteiger charge is 2.75. The van der Waals surface area contributed by atoms with E-state index in [1.165, 1.54) is 32.1 Å². The highest BCUT2D eigenvalue weighted by molar-refractivity contribution is 5.98. The van der Waals surface area contributed by atoms with Gasteiger partial charge in [-0.3, -0.25) is 4.79 Å². The molecule has 0 amide bonds. The topological polar surface area (TPSA) is 17.1 Å². The largest absolute Gasteiger partial charge is 0.298 e. The Bertz CT molecular complexity index is 585. The standard InChI is InChI=1S/C20H28O/c1-10-12(3)16-5-14(10)7-19(16)9-20(18(19)21)8-15-6-17(20)13(4)11(15)2/h10,12,14-17H,5-9H2,1-4H3. The lowest BCUT2D eigenvalue weighted by Gasteiger charge is -2.60. The van der Waals surface area contributed by atoms with E-state index in [4.69, 9.17) is 0 Å². The third-order valence-corrected chi connectivity index (χ3v) is 9.19. The lowest BCUT2D eigenvalue weighted by molar-refractivity contribution is -0.173. The number of allylic oxidation sites excluding steroid dienone is 2. The van der Waals surface area contributed by atoms with Gasteiger partial charge in [0.15, 0.2) is 0 Å². The molecule has 4 saturated carbocycles. The van der Waals surface area contributed by atoms with Gasteiger partial charge in [0.2, 0.25) is 0 Å². The predicted octanol–water partition coefficient (Wildman–Crippen LogP) is 4.62. The Morgan fingerprint density at radius 3 is 2.24 bits per heavy atom. The van der Waals surface area contributed by atoms with Crippen molar-refractivity contribution in [2.45, 2.75) is 59.8 Å². The van der Waals surface area contributed by atoms with Crippen molar-refractivity contribution in [2.75, 3.05) is 0 Å². The first kappa shape index (κ1) is 12.9. The van der Waals surface area contributed by atoms with Crippen LogP contribution in [0.2, 0.25) is 0 Å². The van der Waals surface area contributed by atoms with Crippen LogP contribution in [0.5, 0.6) is 0 Å². The Labute approximate surface area is 128 Å². The van der Waals surface area contributed by atoms with Crippen molar-refractivity contribution in [1.82, 2.24) is 0 Å². The molecular formula is C20H28O. The molecule has 1 heteroatoms. The first-order chi connectivity index (χ1) is 9.91. The van der Waals surface area contributed by atoms with Crippen molar-refractivity contribution in [3.8, 4) is 0 Å².